The molecule has 20 aliphatic heterocycles. The van der Waals surface area contributed by atoms with Crippen molar-refractivity contribution in [2.75, 3.05) is 52.4 Å². The van der Waals surface area contributed by atoms with E-state index in [1.54, 1.807) is 0 Å². The SMILES string of the molecule is C1CCC(C2[N-]C(C3CCCC(C4CCCC[N-]4)[N-]3)CC(C3CCCC(C4CCCC[N-]4)[N-]3)[N-]2)CC1.C1CCC(C2[N-]C(C3CCCC(C4CCCC[N-]4)[N-]3)CC(C3CCCC(C4CCCC[N-]4)[N-]3)[N-]2)CC1.C1CCC(C2[N-]C(C3CCCC(C4CCCC[N-]4)[N-]3)CC(C3CCCC(C4CCCC[N-]4)[N-]3)[N-]2)CC1.C1CCC(C2[N-]C(C3CCCC(C4CCCC[N-]4)[N-]3)CC(C3CCCC(C4CCCC[N-]4)[N-]3)[N-]2)CC1.[Co+2].[Co+2].[Co+2].[Co+2]. The second-order valence-corrected chi connectivity index (χ2v) is 51.4. The zero-order valence-corrected chi connectivity index (χ0v) is 95.9. The second kappa shape index (κ2) is 63.2. The van der Waals surface area contributed by atoms with Crippen LogP contribution in [0, 0.1) is 23.7 Å². The number of piperidine rings is 16. The molecule has 4 saturated carbocycles. The first-order valence-electron chi connectivity index (χ1n) is 63.9. The van der Waals surface area contributed by atoms with Gasteiger partial charge in [0, 0.05) is 0 Å². The van der Waals surface area contributed by atoms with Crippen molar-refractivity contribution in [1.82, 2.24) is 0 Å². The van der Waals surface area contributed by atoms with Crippen molar-refractivity contribution >= 4 is 0 Å². The summed E-state index contributed by atoms with van der Waals surface area (Å²) in [6.07, 6.45) is 92.9. The predicted octanol–water partition coefficient (Wildman–Crippen LogP) is 32.9. The zero-order chi connectivity index (χ0) is 96.6. The van der Waals surface area contributed by atoms with Gasteiger partial charge in [0.05, 0.1) is 0 Å². The van der Waals surface area contributed by atoms with Crippen LogP contribution in [0.25, 0.3) is 128 Å². The van der Waals surface area contributed by atoms with Crippen LogP contribution in [0.2, 0.25) is 0 Å². The van der Waals surface area contributed by atoms with E-state index in [1.165, 1.54) is 437 Å². The van der Waals surface area contributed by atoms with E-state index in [9.17, 15) is 0 Å². The molecule has 852 valence electrons. The van der Waals surface area contributed by atoms with Gasteiger partial charge >= 0.3 is 67.1 Å². The molecule has 0 aromatic heterocycles. The van der Waals surface area contributed by atoms with Gasteiger partial charge < -0.3 is 128 Å². The van der Waals surface area contributed by atoms with Gasteiger partial charge in [-0.2, -0.15) is 193 Å². The van der Waals surface area contributed by atoms with E-state index in [1.807, 2.05) is 0 Å². The van der Waals surface area contributed by atoms with Crippen molar-refractivity contribution in [2.24, 2.45) is 23.7 Å². The Morgan fingerprint density at radius 1 is 0.0878 bits per heavy atom. The van der Waals surface area contributed by atoms with E-state index in [0.717, 1.165) is 78.0 Å². The van der Waals surface area contributed by atoms with Crippen molar-refractivity contribution in [2.45, 2.75) is 680 Å². The molecule has 20 heterocycles. The van der Waals surface area contributed by atoms with E-state index in [2.05, 4.69) is 0 Å². The summed E-state index contributed by atoms with van der Waals surface area (Å²) in [4.78, 5) is 0. The van der Waals surface area contributed by atoms with Crippen LogP contribution in [-0.4, -0.2) is 270 Å². The Kier molecular flexibility index (Phi) is 51.2. The van der Waals surface area contributed by atoms with Gasteiger partial charge in [-0.1, -0.05) is 486 Å². The molecule has 24 fully saturated rings. The number of rotatable bonds is 20. The molecule has 0 amide bonds. The normalized spacial score (nSPS) is 44.6. The van der Waals surface area contributed by atoms with E-state index < -0.39 is 0 Å². The Morgan fingerprint density at radius 2 is 0.196 bits per heavy atom. The van der Waals surface area contributed by atoms with Gasteiger partial charge in [-0.05, 0) is 0 Å². The molecule has 32 unspecified atom stereocenters. The largest absolute Gasteiger partial charge is 2.00 e. The fourth-order valence-corrected chi connectivity index (χ4v) is 33.1. The molecule has 28 heteroatoms. The van der Waals surface area contributed by atoms with Gasteiger partial charge in [0.1, 0.15) is 0 Å². The third-order valence-electron chi connectivity index (χ3n) is 41.3. The third-order valence-corrected chi connectivity index (χ3v) is 41.3. The van der Waals surface area contributed by atoms with Gasteiger partial charge in [0.2, 0.25) is 0 Å². The minimum absolute atomic E-state index is 0. The van der Waals surface area contributed by atoms with Gasteiger partial charge in [-0.15, -0.1) is 52.4 Å². The molecule has 0 aromatic rings. The van der Waals surface area contributed by atoms with Crippen LogP contribution in [0.3, 0.4) is 0 Å². The molecular formula is C120H200Co4N24-16. The molecule has 24 aliphatic rings. The van der Waals surface area contributed by atoms with Crippen LogP contribution in [0.15, 0.2) is 0 Å². The summed E-state index contributed by atoms with van der Waals surface area (Å²) in [7, 11) is 0. The molecule has 24 nitrogen and oxygen atoms in total. The Hall–Kier alpha value is 1.07. The van der Waals surface area contributed by atoms with E-state index in [4.69, 9.17) is 128 Å². The van der Waals surface area contributed by atoms with Crippen LogP contribution in [0.1, 0.15) is 462 Å². The Bertz CT molecular complexity index is 2910. The maximum Gasteiger partial charge on any atom is 2.00 e. The monoisotopic (exact) mass is 2210 g/mol. The minimum atomic E-state index is 0. The molecule has 0 spiro atoms. The molecule has 4 aliphatic carbocycles. The smallest absolute Gasteiger partial charge is 0.676 e. The maximum absolute atomic E-state index is 5.51. The molecule has 148 heavy (non-hydrogen) atoms. The fraction of sp³-hybridized carbons (Fsp3) is 1.00. The van der Waals surface area contributed by atoms with Crippen molar-refractivity contribution in [3.8, 4) is 0 Å². The zero-order valence-electron chi connectivity index (χ0n) is 91.7. The van der Waals surface area contributed by atoms with Gasteiger partial charge in [-0.3, -0.25) is 0 Å². The van der Waals surface area contributed by atoms with Crippen molar-refractivity contribution < 1.29 is 67.1 Å². The summed E-state index contributed by atoms with van der Waals surface area (Å²) in [6.45, 7) is 8.42. The quantitative estimate of drug-likeness (QED) is 0.110. The summed E-state index contributed by atoms with van der Waals surface area (Å²) >= 11 is 0. The summed E-state index contributed by atoms with van der Waals surface area (Å²) in [5, 5.41) is 128. The van der Waals surface area contributed by atoms with E-state index in [-0.39, 0.29) is 91.8 Å². The minimum Gasteiger partial charge on any atom is -0.676 e. The average molecular weight is 2210 g/mol. The molecule has 20 saturated heterocycles. The third kappa shape index (κ3) is 33.7. The second-order valence-electron chi connectivity index (χ2n) is 51.4. The molecule has 0 N–H and O–H groups in total. The number of hydrogen-bond donors (Lipinski definition) is 0. The Morgan fingerprint density at radius 3 is 0.311 bits per heavy atom. The van der Waals surface area contributed by atoms with Crippen molar-refractivity contribution in [3.05, 3.63) is 128 Å². The predicted molar refractivity (Wildman–Crippen MR) is 602 cm³/mol. The first-order valence-corrected chi connectivity index (χ1v) is 63.9. The Balaban J connectivity index is 0.000000133. The van der Waals surface area contributed by atoms with Crippen molar-refractivity contribution in [1.29, 1.82) is 0 Å². The maximum atomic E-state index is 5.51. The summed E-state index contributed by atoms with van der Waals surface area (Å²) < 4.78 is 0. The van der Waals surface area contributed by atoms with Crippen LogP contribution in [0.5, 0.6) is 0 Å². The standard InChI is InChI=1S/4C30H50N6.4Co/c4*1-2-10-21(11-3-1)30-35-28(26-16-8-14-24(33-26)22-12-4-6-18-31-22)20-29(36-30)27-17-9-15-25(34-27)23-13-5-7-19-32-23;;;;/h4*21-30H,1-20H2;;;;/q4*-6;4*+2. The average Bonchev–Trinajstić information content (AvgIpc) is 0.799. The van der Waals surface area contributed by atoms with Gasteiger partial charge in [0.25, 0.3) is 0 Å². The molecule has 4 radical (unpaired) electrons. The van der Waals surface area contributed by atoms with Gasteiger partial charge in [0.15, 0.2) is 0 Å². The van der Waals surface area contributed by atoms with Crippen LogP contribution in [-0.2, 0) is 67.1 Å². The molecule has 0 bridgehead atoms. The fourth-order valence-electron chi connectivity index (χ4n) is 33.1. The van der Waals surface area contributed by atoms with E-state index in [0.29, 0.717) is 217 Å². The van der Waals surface area contributed by atoms with Gasteiger partial charge in [-0.25, -0.2) is 24.7 Å². The van der Waals surface area contributed by atoms with Crippen LogP contribution in [0.4, 0.5) is 0 Å². The molecule has 24 rings (SSSR count). The number of nitrogens with zero attached hydrogens (tertiary/aromatic N) is 24. The van der Waals surface area contributed by atoms with E-state index >= 15 is 0 Å². The number of hydrogen-bond acceptors (Lipinski definition) is 0. The molecule has 32 atom stereocenters. The first-order chi connectivity index (χ1) is 71.3. The first kappa shape index (κ1) is 120. The summed E-state index contributed by atoms with van der Waals surface area (Å²) in [6, 6.07) is 13.3. The van der Waals surface area contributed by atoms with Crippen LogP contribution < -0.4 is 0 Å². The molecular weight excluding hydrogens is 2010 g/mol. The van der Waals surface area contributed by atoms with Crippen molar-refractivity contribution in [3.63, 3.8) is 0 Å². The molecule has 0 aromatic carbocycles. The van der Waals surface area contributed by atoms with Crippen LogP contribution >= 0.6 is 0 Å². The Labute approximate surface area is 944 Å². The summed E-state index contributed by atoms with van der Waals surface area (Å²) in [5.74, 6) is 2.63. The topological polar surface area (TPSA) is 338 Å². The summed E-state index contributed by atoms with van der Waals surface area (Å²) in [5.41, 5.74) is 0.